The molecule has 84 valence electrons. The molecule has 2 aromatic rings. The fourth-order valence-corrected chi connectivity index (χ4v) is 2.10. The van der Waals surface area contributed by atoms with Gasteiger partial charge < -0.3 is 4.74 Å². The van der Waals surface area contributed by atoms with Crippen LogP contribution < -0.4 is 4.74 Å². The van der Waals surface area contributed by atoms with Crippen LogP contribution in [0.25, 0.3) is 0 Å². The number of rotatable bonds is 3. The van der Waals surface area contributed by atoms with Crippen LogP contribution in [0.4, 0.5) is 0 Å². The third-order valence-electron chi connectivity index (χ3n) is 1.88. The summed E-state index contributed by atoms with van der Waals surface area (Å²) in [7, 11) is 0. The third kappa shape index (κ3) is 2.84. The van der Waals surface area contributed by atoms with Crippen molar-refractivity contribution < 1.29 is 4.74 Å². The van der Waals surface area contributed by atoms with E-state index >= 15 is 0 Å². The van der Waals surface area contributed by atoms with Gasteiger partial charge in [0.1, 0.15) is 12.4 Å². The molecule has 16 heavy (non-hydrogen) atoms. The summed E-state index contributed by atoms with van der Waals surface area (Å²) in [6.07, 6.45) is 0. The summed E-state index contributed by atoms with van der Waals surface area (Å²) in [5, 5.41) is 8.85. The van der Waals surface area contributed by atoms with Crippen LogP contribution in [0.15, 0.2) is 18.2 Å². The van der Waals surface area contributed by atoms with Gasteiger partial charge in [0.2, 0.25) is 4.47 Å². The molecule has 0 N–H and O–H groups in total. The Morgan fingerprint density at radius 1 is 1.31 bits per heavy atom. The summed E-state index contributed by atoms with van der Waals surface area (Å²) in [6, 6.07) is 5.61. The van der Waals surface area contributed by atoms with E-state index in [4.69, 9.17) is 27.9 Å². The molecule has 0 aliphatic heterocycles. The van der Waals surface area contributed by atoms with E-state index in [1.54, 1.807) is 6.07 Å². The molecule has 0 spiro atoms. The molecule has 1 aromatic carbocycles. The number of benzene rings is 1. The molecule has 3 nitrogen and oxygen atoms in total. The van der Waals surface area contributed by atoms with Gasteiger partial charge in [-0.05, 0) is 36.2 Å². The fraction of sp³-hybridized carbons (Fsp3) is 0.200. The van der Waals surface area contributed by atoms with Gasteiger partial charge in [0, 0.05) is 0 Å². The minimum absolute atomic E-state index is 0.327. The van der Waals surface area contributed by atoms with Crippen LogP contribution in [0.2, 0.25) is 9.49 Å². The quantitative estimate of drug-likeness (QED) is 0.856. The molecule has 0 radical (unpaired) electrons. The van der Waals surface area contributed by atoms with E-state index in [-0.39, 0.29) is 0 Å². The second-order valence-electron chi connectivity index (χ2n) is 3.17. The molecule has 0 fully saturated rings. The first-order valence-corrected chi connectivity index (χ1v) is 6.09. The maximum Gasteiger partial charge on any atom is 0.207 e. The van der Waals surface area contributed by atoms with Gasteiger partial charge in [0.05, 0.1) is 5.02 Å². The summed E-state index contributed by atoms with van der Waals surface area (Å²) >= 11 is 12.9. The number of hydrogen-bond acceptors (Lipinski definition) is 4. The molecule has 2 rings (SSSR count). The molecule has 0 saturated carbocycles. The summed E-state index contributed by atoms with van der Waals surface area (Å²) in [6.45, 7) is 2.30. The Morgan fingerprint density at radius 2 is 2.12 bits per heavy atom. The largest absolute Gasteiger partial charge is 0.485 e. The molecule has 6 heteroatoms. The molecular weight excluding hydrogens is 267 g/mol. The van der Waals surface area contributed by atoms with Crippen molar-refractivity contribution in [3.8, 4) is 5.75 Å². The van der Waals surface area contributed by atoms with E-state index in [2.05, 4.69) is 10.2 Å². The molecule has 0 amide bonds. The Morgan fingerprint density at radius 3 is 2.81 bits per heavy atom. The predicted octanol–water partition coefficient (Wildman–Crippen LogP) is 3.73. The fourth-order valence-electron chi connectivity index (χ4n) is 1.15. The van der Waals surface area contributed by atoms with E-state index in [0.29, 0.717) is 21.8 Å². The summed E-state index contributed by atoms with van der Waals surface area (Å²) in [5.74, 6) is 0.646. The first kappa shape index (κ1) is 11.6. The van der Waals surface area contributed by atoms with Gasteiger partial charge in [-0.15, -0.1) is 10.2 Å². The molecule has 0 unspecified atom stereocenters. The molecule has 1 heterocycles. The van der Waals surface area contributed by atoms with E-state index in [1.807, 2.05) is 19.1 Å². The van der Waals surface area contributed by atoms with E-state index in [0.717, 1.165) is 10.6 Å². The Bertz CT molecular complexity index is 501. The lowest BCUT2D eigenvalue weighted by atomic mass is 10.2. The smallest absolute Gasteiger partial charge is 0.207 e. The van der Waals surface area contributed by atoms with Gasteiger partial charge in [0.25, 0.3) is 0 Å². The van der Waals surface area contributed by atoms with Crippen LogP contribution >= 0.6 is 34.5 Å². The maximum absolute atomic E-state index is 5.98. The SMILES string of the molecule is Cc1ccc(Cl)c(OCc2nnc(Cl)s2)c1. The van der Waals surface area contributed by atoms with Crippen molar-refractivity contribution in [1.29, 1.82) is 0 Å². The van der Waals surface area contributed by atoms with Crippen LogP contribution in [0.1, 0.15) is 10.6 Å². The molecule has 0 aliphatic rings. The molecule has 0 atom stereocenters. The average molecular weight is 275 g/mol. The number of nitrogens with zero attached hydrogens (tertiary/aromatic N) is 2. The second kappa shape index (κ2) is 4.99. The lowest BCUT2D eigenvalue weighted by molar-refractivity contribution is 0.304. The van der Waals surface area contributed by atoms with E-state index < -0.39 is 0 Å². The molecular formula is C10H8Cl2N2OS. The van der Waals surface area contributed by atoms with Gasteiger partial charge >= 0.3 is 0 Å². The predicted molar refractivity (Wildman–Crippen MR) is 65.4 cm³/mol. The third-order valence-corrected chi connectivity index (χ3v) is 3.18. The second-order valence-corrected chi connectivity index (χ2v) is 5.22. The Balaban J connectivity index is 2.07. The highest BCUT2D eigenvalue weighted by molar-refractivity contribution is 7.15. The molecule has 0 saturated heterocycles. The average Bonchev–Trinajstić information content (AvgIpc) is 2.66. The monoisotopic (exact) mass is 274 g/mol. The van der Waals surface area contributed by atoms with Crippen molar-refractivity contribution in [2.75, 3.05) is 0 Å². The molecule has 0 aliphatic carbocycles. The highest BCUT2D eigenvalue weighted by Crippen LogP contribution is 2.26. The topological polar surface area (TPSA) is 35.0 Å². The van der Waals surface area contributed by atoms with Crippen molar-refractivity contribution >= 4 is 34.5 Å². The van der Waals surface area contributed by atoms with Crippen LogP contribution in [0, 0.1) is 6.92 Å². The highest BCUT2D eigenvalue weighted by atomic mass is 35.5. The molecule has 1 aromatic heterocycles. The van der Waals surface area contributed by atoms with E-state index in [1.165, 1.54) is 11.3 Å². The number of hydrogen-bond donors (Lipinski definition) is 0. The minimum atomic E-state index is 0.327. The van der Waals surface area contributed by atoms with Crippen LogP contribution in [-0.4, -0.2) is 10.2 Å². The first-order chi connectivity index (χ1) is 7.65. The van der Waals surface area contributed by atoms with E-state index in [9.17, 15) is 0 Å². The Labute approximate surface area is 107 Å². The summed E-state index contributed by atoms with van der Waals surface area (Å²) < 4.78 is 5.95. The Hall–Kier alpha value is -0.840. The number of ether oxygens (including phenoxy) is 1. The van der Waals surface area contributed by atoms with Crippen molar-refractivity contribution in [2.24, 2.45) is 0 Å². The number of aromatic nitrogens is 2. The number of aryl methyl sites for hydroxylation is 1. The lowest BCUT2D eigenvalue weighted by Crippen LogP contribution is -1.95. The van der Waals surface area contributed by atoms with Crippen molar-refractivity contribution in [3.05, 3.63) is 38.3 Å². The van der Waals surface area contributed by atoms with Gasteiger partial charge in [-0.25, -0.2) is 0 Å². The van der Waals surface area contributed by atoms with Gasteiger partial charge in [-0.1, -0.05) is 29.0 Å². The minimum Gasteiger partial charge on any atom is -0.485 e. The lowest BCUT2D eigenvalue weighted by Gasteiger charge is -2.06. The standard InChI is InChI=1S/C10H8Cl2N2OS/c1-6-2-3-7(11)8(4-6)15-5-9-13-14-10(12)16-9/h2-4H,5H2,1H3. The number of halogens is 2. The summed E-state index contributed by atoms with van der Waals surface area (Å²) in [4.78, 5) is 0. The van der Waals surface area contributed by atoms with Crippen LogP contribution in [0.5, 0.6) is 5.75 Å². The van der Waals surface area contributed by atoms with Gasteiger partial charge in [-0.2, -0.15) is 0 Å². The van der Waals surface area contributed by atoms with Gasteiger partial charge in [0.15, 0.2) is 5.01 Å². The zero-order valence-corrected chi connectivity index (χ0v) is 10.7. The zero-order valence-electron chi connectivity index (χ0n) is 8.41. The molecule has 0 bridgehead atoms. The Kier molecular flexibility index (Phi) is 3.63. The van der Waals surface area contributed by atoms with Crippen molar-refractivity contribution in [3.63, 3.8) is 0 Å². The normalized spacial score (nSPS) is 10.4. The highest BCUT2D eigenvalue weighted by Gasteiger charge is 2.05. The first-order valence-electron chi connectivity index (χ1n) is 4.52. The van der Waals surface area contributed by atoms with Gasteiger partial charge in [-0.3, -0.25) is 0 Å². The summed E-state index contributed by atoms with van der Waals surface area (Å²) in [5.41, 5.74) is 1.09. The van der Waals surface area contributed by atoms with Crippen LogP contribution in [-0.2, 0) is 6.61 Å². The zero-order chi connectivity index (χ0) is 11.5. The van der Waals surface area contributed by atoms with Crippen LogP contribution in [0.3, 0.4) is 0 Å². The van der Waals surface area contributed by atoms with Crippen molar-refractivity contribution in [1.82, 2.24) is 10.2 Å². The van der Waals surface area contributed by atoms with Crippen molar-refractivity contribution in [2.45, 2.75) is 13.5 Å². The maximum atomic E-state index is 5.98.